The van der Waals surface area contributed by atoms with Crippen LogP contribution in [0.15, 0.2) is 73.2 Å². The molecule has 3 heterocycles. The van der Waals surface area contributed by atoms with Crippen LogP contribution in [-0.4, -0.2) is 51.3 Å². The summed E-state index contributed by atoms with van der Waals surface area (Å²) in [4.78, 5) is 37.3. The number of nitrogens with zero attached hydrogens (tertiary/aromatic N) is 5. The van der Waals surface area contributed by atoms with E-state index in [9.17, 15) is 9.59 Å². The summed E-state index contributed by atoms with van der Waals surface area (Å²) in [5.74, 6) is 2.11. The highest BCUT2D eigenvalue weighted by molar-refractivity contribution is 6.04. The topological polar surface area (TPSA) is 121 Å². The SMILES string of the molecule is Cn1ccc(NC(=O)c2cc(OCc3ccccc3)cc(Oc3cnc(N(CC4CC4)C(=O)C4CCOCC4)cn3)c2)n1. The van der Waals surface area contributed by atoms with Crippen molar-refractivity contribution in [1.29, 1.82) is 0 Å². The van der Waals surface area contributed by atoms with Gasteiger partial charge in [0.1, 0.15) is 18.1 Å². The maximum absolute atomic E-state index is 13.4. The zero-order valence-corrected chi connectivity index (χ0v) is 24.0. The molecule has 0 radical (unpaired) electrons. The van der Waals surface area contributed by atoms with Crippen LogP contribution in [0.5, 0.6) is 17.4 Å². The van der Waals surface area contributed by atoms with Gasteiger partial charge in [0, 0.05) is 56.6 Å². The lowest BCUT2D eigenvalue weighted by molar-refractivity contribution is -0.125. The number of carbonyl (C=O) groups excluding carboxylic acids is 2. The lowest BCUT2D eigenvalue weighted by atomic mass is 9.98. The predicted octanol–water partition coefficient (Wildman–Crippen LogP) is 5.00. The number of aromatic nitrogens is 4. The number of hydrogen-bond donors (Lipinski definition) is 1. The second kappa shape index (κ2) is 13.0. The normalized spacial score (nSPS) is 15.1. The first-order valence-corrected chi connectivity index (χ1v) is 14.5. The first-order valence-electron chi connectivity index (χ1n) is 14.5. The molecule has 0 bridgehead atoms. The van der Waals surface area contributed by atoms with Gasteiger partial charge in [-0.25, -0.2) is 9.97 Å². The van der Waals surface area contributed by atoms with Crippen LogP contribution >= 0.6 is 0 Å². The molecule has 2 aromatic carbocycles. The second-order valence-electron chi connectivity index (χ2n) is 10.9. The van der Waals surface area contributed by atoms with Gasteiger partial charge in [-0.05, 0) is 49.3 Å². The second-order valence-corrected chi connectivity index (χ2v) is 10.9. The van der Waals surface area contributed by atoms with Gasteiger partial charge in [-0.1, -0.05) is 30.3 Å². The van der Waals surface area contributed by atoms with Gasteiger partial charge in [-0.2, -0.15) is 5.10 Å². The van der Waals surface area contributed by atoms with Crippen LogP contribution in [0.3, 0.4) is 0 Å². The van der Waals surface area contributed by atoms with Gasteiger partial charge >= 0.3 is 0 Å². The highest BCUT2D eigenvalue weighted by Crippen LogP contribution is 2.33. The van der Waals surface area contributed by atoms with E-state index in [-0.39, 0.29) is 23.6 Å². The minimum Gasteiger partial charge on any atom is -0.489 e. The van der Waals surface area contributed by atoms with Gasteiger partial charge in [0.05, 0.1) is 12.4 Å². The molecule has 2 amide bonds. The van der Waals surface area contributed by atoms with Gasteiger partial charge in [-0.3, -0.25) is 19.2 Å². The molecular weight excluding hydrogens is 548 g/mol. The van der Waals surface area contributed by atoms with Crippen LogP contribution in [0, 0.1) is 11.8 Å². The largest absolute Gasteiger partial charge is 0.489 e. The number of carbonyl (C=O) groups is 2. The molecule has 11 heteroatoms. The quantitative estimate of drug-likeness (QED) is 0.262. The van der Waals surface area contributed by atoms with Crippen LogP contribution in [-0.2, 0) is 23.2 Å². The van der Waals surface area contributed by atoms with Crippen LogP contribution in [0.2, 0.25) is 0 Å². The molecule has 4 aromatic rings. The molecule has 2 aromatic heterocycles. The molecule has 1 saturated heterocycles. The Morgan fingerprint density at radius 2 is 1.79 bits per heavy atom. The molecular formula is C32H34N6O5. The van der Waals surface area contributed by atoms with E-state index in [1.807, 2.05) is 30.3 Å². The fraction of sp³-hybridized carbons (Fsp3) is 0.344. The molecule has 0 atom stereocenters. The van der Waals surface area contributed by atoms with Crippen LogP contribution < -0.4 is 19.7 Å². The van der Waals surface area contributed by atoms with Crippen molar-refractivity contribution in [1.82, 2.24) is 19.7 Å². The Labute approximate surface area is 249 Å². The number of aryl methyl sites for hydroxylation is 1. The molecule has 11 nitrogen and oxygen atoms in total. The standard InChI is InChI=1S/C32H34N6O5/c1-37-12-9-28(36-37)35-31(39)25-15-26(42-21-23-5-3-2-4-6-23)17-27(16-25)43-30-19-33-29(18-34-30)38(20-22-7-8-22)32(40)24-10-13-41-14-11-24/h2-6,9,12,15-19,22,24H,7-8,10-11,13-14,20-21H2,1H3,(H,35,36,39). The summed E-state index contributed by atoms with van der Waals surface area (Å²) in [6, 6.07) is 16.4. The third-order valence-electron chi connectivity index (χ3n) is 7.43. The summed E-state index contributed by atoms with van der Waals surface area (Å²) in [6.45, 7) is 2.16. The number of amides is 2. The molecule has 1 aliphatic carbocycles. The van der Waals surface area contributed by atoms with Gasteiger partial charge in [0.2, 0.25) is 11.8 Å². The van der Waals surface area contributed by atoms with E-state index < -0.39 is 0 Å². The number of nitrogens with one attached hydrogen (secondary N) is 1. The minimum absolute atomic E-state index is 0.0699. The van der Waals surface area contributed by atoms with Gasteiger partial charge in [0.15, 0.2) is 11.6 Å². The Balaban J connectivity index is 1.20. The van der Waals surface area contributed by atoms with Crippen molar-refractivity contribution in [3.05, 3.63) is 84.3 Å². The van der Waals surface area contributed by atoms with Gasteiger partial charge < -0.3 is 19.5 Å². The monoisotopic (exact) mass is 582 g/mol. The fourth-order valence-corrected chi connectivity index (χ4v) is 4.90. The van der Waals surface area contributed by atoms with E-state index in [4.69, 9.17) is 14.2 Å². The predicted molar refractivity (Wildman–Crippen MR) is 159 cm³/mol. The summed E-state index contributed by atoms with van der Waals surface area (Å²) in [7, 11) is 1.78. The lowest BCUT2D eigenvalue weighted by Crippen LogP contribution is -2.40. The summed E-state index contributed by atoms with van der Waals surface area (Å²) < 4.78 is 19.1. The zero-order valence-electron chi connectivity index (χ0n) is 24.0. The van der Waals surface area contributed by atoms with E-state index >= 15 is 0 Å². The lowest BCUT2D eigenvalue weighted by Gasteiger charge is -2.28. The van der Waals surface area contributed by atoms with Crippen molar-refractivity contribution in [3.63, 3.8) is 0 Å². The molecule has 2 aliphatic rings. The average Bonchev–Trinajstić information content (AvgIpc) is 3.78. The maximum atomic E-state index is 13.4. The number of ether oxygens (including phenoxy) is 3. The van der Waals surface area contributed by atoms with Crippen LogP contribution in [0.1, 0.15) is 41.6 Å². The summed E-state index contributed by atoms with van der Waals surface area (Å²) in [6.07, 6.45) is 8.48. The zero-order chi connectivity index (χ0) is 29.6. The Kier molecular flexibility index (Phi) is 8.60. The smallest absolute Gasteiger partial charge is 0.257 e. The first kappa shape index (κ1) is 28.4. The maximum Gasteiger partial charge on any atom is 0.257 e. The highest BCUT2D eigenvalue weighted by Gasteiger charge is 2.33. The Morgan fingerprint density at radius 1 is 1.00 bits per heavy atom. The molecule has 1 aliphatic heterocycles. The van der Waals surface area contributed by atoms with Crippen molar-refractivity contribution in [2.45, 2.75) is 32.3 Å². The summed E-state index contributed by atoms with van der Waals surface area (Å²) >= 11 is 0. The molecule has 43 heavy (non-hydrogen) atoms. The Morgan fingerprint density at radius 3 is 2.49 bits per heavy atom. The molecule has 1 saturated carbocycles. The van der Waals surface area contributed by atoms with Crippen LogP contribution in [0.25, 0.3) is 0 Å². The number of benzene rings is 2. The molecule has 222 valence electrons. The molecule has 1 N–H and O–H groups in total. The number of rotatable bonds is 11. The van der Waals surface area contributed by atoms with E-state index in [1.54, 1.807) is 53.3 Å². The third-order valence-corrected chi connectivity index (χ3v) is 7.43. The molecule has 0 spiro atoms. The third kappa shape index (κ3) is 7.55. The molecule has 6 rings (SSSR count). The van der Waals surface area contributed by atoms with Gasteiger partial charge in [-0.15, -0.1) is 0 Å². The number of hydrogen-bond acceptors (Lipinski definition) is 8. The van der Waals surface area contributed by atoms with E-state index in [2.05, 4.69) is 20.4 Å². The van der Waals surface area contributed by atoms with Crippen molar-refractivity contribution >= 4 is 23.5 Å². The van der Waals surface area contributed by atoms with Crippen LogP contribution in [0.4, 0.5) is 11.6 Å². The Bertz CT molecular complexity index is 1550. The molecule has 0 unspecified atom stereocenters. The highest BCUT2D eigenvalue weighted by atomic mass is 16.5. The van der Waals surface area contributed by atoms with Gasteiger partial charge in [0.25, 0.3) is 5.91 Å². The Hall–Kier alpha value is -4.77. The molecule has 2 fully saturated rings. The van der Waals surface area contributed by atoms with E-state index in [1.165, 1.54) is 6.20 Å². The average molecular weight is 583 g/mol. The van der Waals surface area contributed by atoms with Crippen molar-refractivity contribution < 1.29 is 23.8 Å². The number of anilines is 2. The van der Waals surface area contributed by atoms with Crippen molar-refractivity contribution in [3.8, 4) is 17.4 Å². The van der Waals surface area contributed by atoms with E-state index in [0.717, 1.165) is 18.4 Å². The van der Waals surface area contributed by atoms with E-state index in [0.29, 0.717) is 73.8 Å². The summed E-state index contributed by atoms with van der Waals surface area (Å²) in [5, 5.41) is 7.01. The fourth-order valence-electron chi connectivity index (χ4n) is 4.90. The summed E-state index contributed by atoms with van der Waals surface area (Å²) in [5.41, 5.74) is 1.31. The minimum atomic E-state index is -0.363. The van der Waals surface area contributed by atoms with Crippen molar-refractivity contribution in [2.75, 3.05) is 30.0 Å². The first-order chi connectivity index (χ1) is 21.0. The van der Waals surface area contributed by atoms with Crippen molar-refractivity contribution in [2.24, 2.45) is 18.9 Å².